The molecule has 1 unspecified atom stereocenters. The molecule has 0 N–H and O–H groups in total. The average molecular weight is 243 g/mol. The molecule has 0 radical (unpaired) electrons. The lowest BCUT2D eigenvalue weighted by molar-refractivity contribution is 0.681. The monoisotopic (exact) mass is 243 g/mol. The van der Waals surface area contributed by atoms with Gasteiger partial charge in [0.05, 0.1) is 0 Å². The van der Waals surface area contributed by atoms with Crippen LogP contribution in [-0.4, -0.2) is 18.8 Å². The van der Waals surface area contributed by atoms with Gasteiger partial charge in [0.2, 0.25) is 0 Å². The quantitative estimate of drug-likeness (QED) is 0.743. The zero-order valence-corrected chi connectivity index (χ0v) is 11.3. The van der Waals surface area contributed by atoms with E-state index in [1.54, 1.807) is 0 Å². The molecule has 0 aliphatic rings. The maximum absolute atomic E-state index is 2.34. The SMILES string of the molecule is CN(C)P(Cc1ccccc1)c1ccccc1. The van der Waals surface area contributed by atoms with Crippen LogP contribution in [0.2, 0.25) is 0 Å². The highest BCUT2D eigenvalue weighted by Gasteiger charge is 2.13. The molecule has 0 saturated carbocycles. The van der Waals surface area contributed by atoms with Crippen LogP contribution >= 0.6 is 8.07 Å². The molecule has 2 rings (SSSR count). The maximum atomic E-state index is 2.34. The number of benzene rings is 2. The summed E-state index contributed by atoms with van der Waals surface area (Å²) in [7, 11) is 4.08. The summed E-state index contributed by atoms with van der Waals surface area (Å²) in [5.41, 5.74) is 1.41. The Hall–Kier alpha value is -1.17. The first-order valence-corrected chi connectivity index (χ1v) is 7.29. The molecular formula is C15H18NP. The normalized spacial score (nSPS) is 12.6. The van der Waals surface area contributed by atoms with E-state index in [0.717, 1.165) is 6.16 Å². The van der Waals surface area contributed by atoms with E-state index in [1.165, 1.54) is 10.9 Å². The van der Waals surface area contributed by atoms with Gasteiger partial charge in [-0.2, -0.15) is 0 Å². The Morgan fingerprint density at radius 1 is 0.824 bits per heavy atom. The second kappa shape index (κ2) is 5.95. The average Bonchev–Trinajstić information content (AvgIpc) is 2.38. The molecule has 0 heterocycles. The van der Waals surface area contributed by atoms with Crippen molar-refractivity contribution in [1.82, 2.24) is 4.67 Å². The molecule has 2 aromatic carbocycles. The molecule has 0 aliphatic heterocycles. The summed E-state index contributed by atoms with van der Waals surface area (Å²) >= 11 is 0. The van der Waals surface area contributed by atoms with Crippen LogP contribution in [0.4, 0.5) is 0 Å². The number of hydrogen-bond acceptors (Lipinski definition) is 1. The fourth-order valence-electron chi connectivity index (χ4n) is 1.82. The minimum atomic E-state index is -0.258. The second-order valence-corrected chi connectivity index (χ2v) is 6.66. The van der Waals surface area contributed by atoms with E-state index in [1.807, 2.05) is 0 Å². The van der Waals surface area contributed by atoms with Gasteiger partial charge in [0.1, 0.15) is 0 Å². The topological polar surface area (TPSA) is 3.24 Å². The molecule has 0 fully saturated rings. The van der Waals surface area contributed by atoms with Crippen molar-refractivity contribution in [3.8, 4) is 0 Å². The van der Waals surface area contributed by atoms with Crippen LogP contribution in [-0.2, 0) is 6.16 Å². The van der Waals surface area contributed by atoms with Gasteiger partial charge in [-0.1, -0.05) is 60.7 Å². The lowest BCUT2D eigenvalue weighted by atomic mass is 10.2. The van der Waals surface area contributed by atoms with E-state index >= 15 is 0 Å². The summed E-state index contributed by atoms with van der Waals surface area (Å²) in [6.45, 7) is 0. The lowest BCUT2D eigenvalue weighted by Gasteiger charge is -2.25. The molecule has 0 amide bonds. The Labute approximate surface area is 105 Å². The molecule has 0 bridgehead atoms. The van der Waals surface area contributed by atoms with E-state index in [9.17, 15) is 0 Å². The Kier molecular flexibility index (Phi) is 4.30. The lowest BCUT2D eigenvalue weighted by Crippen LogP contribution is -2.15. The van der Waals surface area contributed by atoms with Crippen LogP contribution in [0, 0.1) is 0 Å². The Morgan fingerprint density at radius 3 is 1.88 bits per heavy atom. The van der Waals surface area contributed by atoms with Crippen LogP contribution in [0.15, 0.2) is 60.7 Å². The smallest absolute Gasteiger partial charge is 0.0101 e. The molecule has 1 atom stereocenters. The first-order valence-electron chi connectivity index (χ1n) is 5.81. The largest absolute Gasteiger partial charge is 0.284 e. The molecule has 2 heteroatoms. The molecule has 2 aromatic rings. The van der Waals surface area contributed by atoms with Crippen molar-refractivity contribution in [2.75, 3.05) is 14.1 Å². The van der Waals surface area contributed by atoms with Crippen molar-refractivity contribution >= 4 is 13.4 Å². The van der Waals surface area contributed by atoms with Gasteiger partial charge in [-0.05, 0) is 33.0 Å². The zero-order chi connectivity index (χ0) is 12.1. The Morgan fingerprint density at radius 2 is 1.35 bits per heavy atom. The Balaban J connectivity index is 2.20. The highest BCUT2D eigenvalue weighted by molar-refractivity contribution is 7.62. The molecule has 0 aliphatic carbocycles. The van der Waals surface area contributed by atoms with Crippen molar-refractivity contribution in [2.24, 2.45) is 0 Å². The molecule has 0 saturated heterocycles. The molecule has 17 heavy (non-hydrogen) atoms. The highest BCUT2D eigenvalue weighted by Crippen LogP contribution is 2.40. The first kappa shape index (κ1) is 12.3. The van der Waals surface area contributed by atoms with Crippen LogP contribution in [0.5, 0.6) is 0 Å². The molecular weight excluding hydrogens is 225 g/mol. The van der Waals surface area contributed by atoms with E-state index in [-0.39, 0.29) is 8.07 Å². The fraction of sp³-hybridized carbons (Fsp3) is 0.200. The van der Waals surface area contributed by atoms with Crippen molar-refractivity contribution < 1.29 is 0 Å². The standard InChI is InChI=1S/C15H18NP/c1-16(2)17(15-11-7-4-8-12-15)13-14-9-5-3-6-10-14/h3-12H,13H2,1-2H3. The predicted molar refractivity (Wildman–Crippen MR) is 76.8 cm³/mol. The summed E-state index contributed by atoms with van der Waals surface area (Å²) in [4.78, 5) is 0. The van der Waals surface area contributed by atoms with Crippen molar-refractivity contribution in [3.63, 3.8) is 0 Å². The van der Waals surface area contributed by atoms with Crippen molar-refractivity contribution in [3.05, 3.63) is 66.2 Å². The molecule has 0 aromatic heterocycles. The van der Waals surface area contributed by atoms with Crippen LogP contribution < -0.4 is 5.30 Å². The number of hydrogen-bond donors (Lipinski definition) is 0. The van der Waals surface area contributed by atoms with Gasteiger partial charge in [-0.15, -0.1) is 0 Å². The second-order valence-electron chi connectivity index (χ2n) is 4.23. The van der Waals surface area contributed by atoms with E-state index in [2.05, 4.69) is 79.4 Å². The van der Waals surface area contributed by atoms with Crippen LogP contribution in [0.1, 0.15) is 5.56 Å². The van der Waals surface area contributed by atoms with E-state index in [4.69, 9.17) is 0 Å². The highest BCUT2D eigenvalue weighted by atomic mass is 31.1. The zero-order valence-electron chi connectivity index (χ0n) is 10.4. The van der Waals surface area contributed by atoms with Crippen LogP contribution in [0.25, 0.3) is 0 Å². The first-order chi connectivity index (χ1) is 8.27. The van der Waals surface area contributed by atoms with E-state index < -0.39 is 0 Å². The van der Waals surface area contributed by atoms with Gasteiger partial charge in [0.25, 0.3) is 0 Å². The van der Waals surface area contributed by atoms with Gasteiger partial charge in [0.15, 0.2) is 0 Å². The summed E-state index contributed by atoms with van der Waals surface area (Å²) in [5, 5.41) is 1.44. The van der Waals surface area contributed by atoms with Gasteiger partial charge in [-0.3, -0.25) is 4.67 Å². The van der Waals surface area contributed by atoms with Gasteiger partial charge >= 0.3 is 0 Å². The number of nitrogens with zero attached hydrogens (tertiary/aromatic N) is 1. The van der Waals surface area contributed by atoms with Crippen LogP contribution in [0.3, 0.4) is 0 Å². The van der Waals surface area contributed by atoms with Crippen molar-refractivity contribution in [2.45, 2.75) is 6.16 Å². The molecule has 88 valence electrons. The fourth-order valence-corrected chi connectivity index (χ4v) is 3.82. The third-order valence-electron chi connectivity index (χ3n) is 2.71. The third kappa shape index (κ3) is 3.39. The maximum Gasteiger partial charge on any atom is 0.0101 e. The summed E-state index contributed by atoms with van der Waals surface area (Å²) < 4.78 is 2.34. The van der Waals surface area contributed by atoms with Gasteiger partial charge < -0.3 is 0 Å². The molecule has 1 nitrogen and oxygen atoms in total. The number of rotatable bonds is 4. The van der Waals surface area contributed by atoms with Crippen molar-refractivity contribution in [1.29, 1.82) is 0 Å². The summed E-state index contributed by atoms with van der Waals surface area (Å²) in [6.07, 6.45) is 1.12. The molecule has 0 spiro atoms. The predicted octanol–water partition coefficient (Wildman–Crippen LogP) is 3.47. The summed E-state index contributed by atoms with van der Waals surface area (Å²) in [5.74, 6) is 0. The minimum Gasteiger partial charge on any atom is -0.284 e. The minimum absolute atomic E-state index is 0.258. The Bertz CT molecular complexity index is 439. The summed E-state index contributed by atoms with van der Waals surface area (Å²) in [6, 6.07) is 21.5. The van der Waals surface area contributed by atoms with Gasteiger partial charge in [0, 0.05) is 6.16 Å². The van der Waals surface area contributed by atoms with E-state index in [0.29, 0.717) is 0 Å². The van der Waals surface area contributed by atoms with Gasteiger partial charge in [-0.25, -0.2) is 0 Å². The third-order valence-corrected chi connectivity index (χ3v) is 5.24.